The van der Waals surface area contributed by atoms with E-state index in [1.165, 1.54) is 5.56 Å². The molecule has 3 nitrogen and oxygen atoms in total. The van der Waals surface area contributed by atoms with E-state index < -0.39 is 0 Å². The second kappa shape index (κ2) is 7.45. The van der Waals surface area contributed by atoms with E-state index in [0.717, 1.165) is 28.8 Å². The Labute approximate surface area is 164 Å². The second-order valence-corrected chi connectivity index (χ2v) is 7.12. The number of benzene rings is 3. The van der Waals surface area contributed by atoms with Crippen LogP contribution < -0.4 is 5.32 Å². The number of hydrogen-bond acceptors (Lipinski definition) is 2. The van der Waals surface area contributed by atoms with Gasteiger partial charge in [0.25, 0.3) is 5.91 Å². The van der Waals surface area contributed by atoms with E-state index in [2.05, 4.69) is 24.4 Å². The molecule has 1 heterocycles. The van der Waals surface area contributed by atoms with Gasteiger partial charge in [-0.3, -0.25) is 4.79 Å². The molecule has 0 aliphatic carbocycles. The SMILES string of the molecule is CCc1cccc(N[C@@H]2c3ccccc3C(=O)N2Cc2ccccc2Cl)c1. The molecule has 1 N–H and O–H groups in total. The van der Waals surface area contributed by atoms with Crippen LogP contribution in [-0.4, -0.2) is 10.8 Å². The predicted octanol–water partition coefficient (Wildman–Crippen LogP) is 5.67. The molecule has 1 aliphatic heterocycles. The fraction of sp³-hybridized carbons (Fsp3) is 0.174. The van der Waals surface area contributed by atoms with Crippen LogP contribution in [0.2, 0.25) is 5.02 Å². The highest BCUT2D eigenvalue weighted by atomic mass is 35.5. The largest absolute Gasteiger partial charge is 0.361 e. The Morgan fingerprint density at radius 2 is 1.78 bits per heavy atom. The summed E-state index contributed by atoms with van der Waals surface area (Å²) in [6.07, 6.45) is 0.746. The zero-order valence-corrected chi connectivity index (χ0v) is 15.9. The van der Waals surface area contributed by atoms with Crippen LogP contribution in [0.3, 0.4) is 0 Å². The van der Waals surface area contributed by atoms with Crippen molar-refractivity contribution in [2.45, 2.75) is 26.1 Å². The first-order chi connectivity index (χ1) is 13.2. The van der Waals surface area contributed by atoms with E-state index in [-0.39, 0.29) is 12.1 Å². The lowest BCUT2D eigenvalue weighted by Crippen LogP contribution is -2.32. The molecule has 0 radical (unpaired) electrons. The molecule has 0 saturated carbocycles. The van der Waals surface area contributed by atoms with Gasteiger partial charge in [-0.1, -0.05) is 67.1 Å². The van der Waals surface area contributed by atoms with E-state index >= 15 is 0 Å². The molecular formula is C23H21ClN2O. The molecule has 0 aromatic heterocycles. The quantitative estimate of drug-likeness (QED) is 0.622. The van der Waals surface area contributed by atoms with Gasteiger partial charge >= 0.3 is 0 Å². The summed E-state index contributed by atoms with van der Waals surface area (Å²) >= 11 is 6.35. The number of rotatable bonds is 5. The Kier molecular flexibility index (Phi) is 4.87. The van der Waals surface area contributed by atoms with Gasteiger partial charge in [0.2, 0.25) is 0 Å². The number of aryl methyl sites for hydroxylation is 1. The molecule has 0 fully saturated rings. The highest BCUT2D eigenvalue weighted by molar-refractivity contribution is 6.31. The Morgan fingerprint density at radius 3 is 2.59 bits per heavy atom. The van der Waals surface area contributed by atoms with E-state index in [1.807, 2.05) is 65.6 Å². The first-order valence-corrected chi connectivity index (χ1v) is 9.54. The fourth-order valence-corrected chi connectivity index (χ4v) is 3.73. The van der Waals surface area contributed by atoms with Gasteiger partial charge in [0, 0.05) is 28.4 Å². The third-order valence-corrected chi connectivity index (χ3v) is 5.36. The third kappa shape index (κ3) is 3.43. The molecule has 3 aromatic rings. The minimum Gasteiger partial charge on any atom is -0.361 e. The molecule has 1 aliphatic rings. The average Bonchev–Trinajstić information content (AvgIpc) is 2.96. The standard InChI is InChI=1S/C23H21ClN2O/c1-2-16-8-7-10-18(14-16)25-22-19-11-4-5-12-20(19)23(27)26(22)15-17-9-3-6-13-21(17)24/h3-14,22,25H,2,15H2,1H3/t22-/m0/s1. The minimum atomic E-state index is -0.225. The maximum absolute atomic E-state index is 13.1. The van der Waals surface area contributed by atoms with Crippen LogP contribution in [0.15, 0.2) is 72.8 Å². The Balaban J connectivity index is 1.70. The Hall–Kier alpha value is -2.78. The maximum atomic E-state index is 13.1. The van der Waals surface area contributed by atoms with Gasteiger partial charge in [-0.2, -0.15) is 0 Å². The predicted molar refractivity (Wildman–Crippen MR) is 110 cm³/mol. The van der Waals surface area contributed by atoms with E-state index in [0.29, 0.717) is 11.6 Å². The number of carbonyl (C=O) groups excluding carboxylic acids is 1. The van der Waals surface area contributed by atoms with Crippen molar-refractivity contribution in [3.63, 3.8) is 0 Å². The summed E-state index contributed by atoms with van der Waals surface area (Å²) in [6, 6.07) is 23.8. The lowest BCUT2D eigenvalue weighted by molar-refractivity contribution is 0.0729. The van der Waals surface area contributed by atoms with Crippen molar-refractivity contribution >= 4 is 23.2 Å². The summed E-state index contributed by atoms with van der Waals surface area (Å²) in [5.41, 5.74) is 4.95. The van der Waals surface area contributed by atoms with E-state index in [9.17, 15) is 4.79 Å². The zero-order valence-electron chi connectivity index (χ0n) is 15.2. The molecule has 4 heteroatoms. The van der Waals surface area contributed by atoms with Crippen LogP contribution in [0.25, 0.3) is 0 Å². The number of nitrogens with one attached hydrogen (secondary N) is 1. The molecule has 27 heavy (non-hydrogen) atoms. The zero-order chi connectivity index (χ0) is 18.8. The van der Waals surface area contributed by atoms with Crippen molar-refractivity contribution in [2.75, 3.05) is 5.32 Å². The molecule has 3 aromatic carbocycles. The molecule has 0 bridgehead atoms. The smallest absolute Gasteiger partial charge is 0.256 e. The number of nitrogens with zero attached hydrogens (tertiary/aromatic N) is 1. The summed E-state index contributed by atoms with van der Waals surface area (Å²) in [5.74, 6) is 0.0228. The summed E-state index contributed by atoms with van der Waals surface area (Å²) < 4.78 is 0. The Morgan fingerprint density at radius 1 is 1.00 bits per heavy atom. The van der Waals surface area contributed by atoms with Gasteiger partial charge in [-0.25, -0.2) is 0 Å². The van der Waals surface area contributed by atoms with E-state index in [1.54, 1.807) is 0 Å². The van der Waals surface area contributed by atoms with Gasteiger partial charge in [0.15, 0.2) is 0 Å². The van der Waals surface area contributed by atoms with Gasteiger partial charge in [0.05, 0.1) is 0 Å². The lowest BCUT2D eigenvalue weighted by atomic mass is 10.1. The van der Waals surface area contributed by atoms with Gasteiger partial charge in [-0.15, -0.1) is 0 Å². The highest BCUT2D eigenvalue weighted by Gasteiger charge is 2.36. The van der Waals surface area contributed by atoms with Gasteiger partial charge < -0.3 is 10.2 Å². The number of anilines is 1. The molecule has 4 rings (SSSR count). The van der Waals surface area contributed by atoms with Crippen LogP contribution in [0.1, 0.15) is 40.1 Å². The van der Waals surface area contributed by atoms with Crippen molar-refractivity contribution in [1.82, 2.24) is 4.90 Å². The van der Waals surface area contributed by atoms with Crippen molar-refractivity contribution in [1.29, 1.82) is 0 Å². The van der Waals surface area contributed by atoms with Crippen LogP contribution in [0.4, 0.5) is 5.69 Å². The third-order valence-electron chi connectivity index (χ3n) is 5.00. The molecule has 0 unspecified atom stereocenters. The summed E-state index contributed by atoms with van der Waals surface area (Å²) in [6.45, 7) is 2.59. The number of amides is 1. The van der Waals surface area contributed by atoms with Crippen LogP contribution in [0.5, 0.6) is 0 Å². The molecular weight excluding hydrogens is 356 g/mol. The molecule has 1 amide bonds. The minimum absolute atomic E-state index is 0.0228. The van der Waals surface area contributed by atoms with Crippen molar-refractivity contribution in [3.05, 3.63) is 100 Å². The average molecular weight is 377 g/mol. The Bertz CT molecular complexity index is 985. The molecule has 1 atom stereocenters. The number of fused-ring (bicyclic) bond motifs is 1. The summed E-state index contributed by atoms with van der Waals surface area (Å²) in [5, 5.41) is 4.23. The number of hydrogen-bond donors (Lipinski definition) is 1. The molecule has 0 spiro atoms. The highest BCUT2D eigenvalue weighted by Crippen LogP contribution is 2.36. The number of halogens is 1. The maximum Gasteiger partial charge on any atom is 0.256 e. The lowest BCUT2D eigenvalue weighted by Gasteiger charge is -2.27. The fourth-order valence-electron chi connectivity index (χ4n) is 3.54. The van der Waals surface area contributed by atoms with Crippen LogP contribution in [0, 0.1) is 0 Å². The summed E-state index contributed by atoms with van der Waals surface area (Å²) in [4.78, 5) is 14.9. The van der Waals surface area contributed by atoms with Gasteiger partial charge in [-0.05, 0) is 41.8 Å². The summed E-state index contributed by atoms with van der Waals surface area (Å²) in [7, 11) is 0. The first-order valence-electron chi connectivity index (χ1n) is 9.16. The van der Waals surface area contributed by atoms with Crippen molar-refractivity contribution in [2.24, 2.45) is 0 Å². The molecule has 136 valence electrons. The first kappa shape index (κ1) is 17.6. The normalized spacial score (nSPS) is 15.7. The van der Waals surface area contributed by atoms with Crippen LogP contribution in [-0.2, 0) is 13.0 Å². The second-order valence-electron chi connectivity index (χ2n) is 6.71. The molecule has 0 saturated heterocycles. The number of carbonyl (C=O) groups is 1. The van der Waals surface area contributed by atoms with Crippen molar-refractivity contribution < 1.29 is 4.79 Å². The van der Waals surface area contributed by atoms with E-state index in [4.69, 9.17) is 11.6 Å². The van der Waals surface area contributed by atoms with Gasteiger partial charge in [0.1, 0.15) is 6.17 Å². The van der Waals surface area contributed by atoms with Crippen molar-refractivity contribution in [3.8, 4) is 0 Å². The topological polar surface area (TPSA) is 32.3 Å². The van der Waals surface area contributed by atoms with Crippen LogP contribution >= 0.6 is 11.6 Å². The monoisotopic (exact) mass is 376 g/mol.